The lowest BCUT2D eigenvalue weighted by Gasteiger charge is -2.21. The van der Waals surface area contributed by atoms with Crippen LogP contribution in [-0.4, -0.2) is 40.6 Å². The van der Waals surface area contributed by atoms with Gasteiger partial charge in [-0.05, 0) is 19.1 Å². The molecule has 0 aromatic carbocycles. The molecule has 2 heterocycles. The molecule has 0 amide bonds. The molecule has 4 nitrogen and oxygen atoms in total. The first-order valence-corrected chi connectivity index (χ1v) is 8.32. The molecule has 1 aliphatic heterocycles. The molecule has 1 aromatic heterocycles. The number of hydrogen-bond acceptors (Lipinski definition) is 6. The van der Waals surface area contributed by atoms with Crippen molar-refractivity contribution in [1.29, 1.82) is 0 Å². The summed E-state index contributed by atoms with van der Waals surface area (Å²) in [7, 11) is 0. The third kappa shape index (κ3) is 3.88. The minimum Gasteiger partial charge on any atom is -0.476 e. The lowest BCUT2D eigenvalue weighted by Crippen LogP contribution is -2.23. The van der Waals surface area contributed by atoms with Crippen molar-refractivity contribution >= 4 is 35.0 Å². The first-order chi connectivity index (χ1) is 8.79. The predicted molar refractivity (Wildman–Crippen MR) is 81.9 cm³/mol. The van der Waals surface area contributed by atoms with E-state index in [4.69, 9.17) is 10.5 Å². The van der Waals surface area contributed by atoms with E-state index in [2.05, 4.69) is 10.3 Å². The smallest absolute Gasteiger partial charge is 0.239 e. The van der Waals surface area contributed by atoms with Crippen LogP contribution < -0.4 is 15.8 Å². The fraction of sp³-hybridized carbons (Fsp3) is 0.583. The maximum Gasteiger partial charge on any atom is 0.239 e. The molecule has 2 rings (SSSR count). The van der Waals surface area contributed by atoms with Crippen molar-refractivity contribution in [3.63, 3.8) is 0 Å². The Labute approximate surface area is 116 Å². The van der Waals surface area contributed by atoms with Crippen molar-refractivity contribution in [2.45, 2.75) is 12.2 Å². The second kappa shape index (κ2) is 6.99. The van der Waals surface area contributed by atoms with Gasteiger partial charge in [-0.1, -0.05) is 0 Å². The molecular weight excluding hydrogens is 266 g/mol. The van der Waals surface area contributed by atoms with Crippen LogP contribution in [-0.2, 0) is 0 Å². The van der Waals surface area contributed by atoms with Crippen LogP contribution in [0.1, 0.15) is 6.92 Å². The number of nitrogens with two attached hydrogens (primary N) is 1. The summed E-state index contributed by atoms with van der Waals surface area (Å²) in [6, 6.07) is 3.74. The van der Waals surface area contributed by atoms with Gasteiger partial charge in [0.05, 0.1) is 12.3 Å². The Morgan fingerprint density at radius 1 is 1.50 bits per heavy atom. The average Bonchev–Trinajstić information content (AvgIpc) is 2.41. The number of hydrogen-bond donors (Lipinski definition) is 2. The standard InChI is InChI=1S/C12H19N3OS2/c1-2-16-12-10(13)3-4-11(15-12)14-7-9-8-17-5-6-18-9/h3-4,9H,2,5-8,13H2,1H3,(H,14,15). The van der Waals surface area contributed by atoms with E-state index in [1.807, 2.05) is 42.6 Å². The molecule has 1 fully saturated rings. The van der Waals surface area contributed by atoms with Crippen molar-refractivity contribution in [3.05, 3.63) is 12.1 Å². The van der Waals surface area contributed by atoms with E-state index in [0.717, 1.165) is 12.4 Å². The highest BCUT2D eigenvalue weighted by atomic mass is 32.2. The number of nitrogen functional groups attached to an aromatic ring is 1. The van der Waals surface area contributed by atoms with E-state index < -0.39 is 0 Å². The molecule has 1 atom stereocenters. The highest BCUT2D eigenvalue weighted by molar-refractivity contribution is 8.06. The highest BCUT2D eigenvalue weighted by Crippen LogP contribution is 2.25. The molecule has 18 heavy (non-hydrogen) atoms. The molecule has 0 aliphatic carbocycles. The topological polar surface area (TPSA) is 60.2 Å². The van der Waals surface area contributed by atoms with E-state index in [1.165, 1.54) is 17.3 Å². The first kappa shape index (κ1) is 13.7. The lowest BCUT2D eigenvalue weighted by atomic mass is 10.4. The Bertz CT molecular complexity index is 384. The maximum absolute atomic E-state index is 5.79. The van der Waals surface area contributed by atoms with Crippen LogP contribution >= 0.6 is 23.5 Å². The van der Waals surface area contributed by atoms with Gasteiger partial charge in [-0.15, -0.1) is 0 Å². The second-order valence-electron chi connectivity index (χ2n) is 3.97. The fourth-order valence-corrected chi connectivity index (χ4v) is 4.29. The van der Waals surface area contributed by atoms with Crippen molar-refractivity contribution in [1.82, 2.24) is 4.98 Å². The van der Waals surface area contributed by atoms with Crippen LogP contribution in [0.15, 0.2) is 12.1 Å². The van der Waals surface area contributed by atoms with Crippen molar-refractivity contribution < 1.29 is 4.74 Å². The Morgan fingerprint density at radius 3 is 3.11 bits per heavy atom. The SMILES string of the molecule is CCOc1nc(NCC2CSCCS2)ccc1N. The maximum atomic E-state index is 5.79. The summed E-state index contributed by atoms with van der Waals surface area (Å²) in [5, 5.41) is 4.02. The van der Waals surface area contributed by atoms with E-state index in [1.54, 1.807) is 0 Å². The van der Waals surface area contributed by atoms with E-state index >= 15 is 0 Å². The molecular formula is C12H19N3OS2. The molecule has 0 spiro atoms. The number of aromatic nitrogens is 1. The molecule has 6 heteroatoms. The zero-order chi connectivity index (χ0) is 12.8. The quantitative estimate of drug-likeness (QED) is 0.866. The van der Waals surface area contributed by atoms with Gasteiger partial charge < -0.3 is 15.8 Å². The Hall–Kier alpha value is -0.750. The van der Waals surface area contributed by atoms with Crippen molar-refractivity contribution in [2.24, 2.45) is 0 Å². The molecule has 1 aromatic rings. The summed E-state index contributed by atoms with van der Waals surface area (Å²) in [6.45, 7) is 3.45. The van der Waals surface area contributed by atoms with Gasteiger partial charge in [0.15, 0.2) is 0 Å². The lowest BCUT2D eigenvalue weighted by molar-refractivity contribution is 0.329. The van der Waals surface area contributed by atoms with Gasteiger partial charge in [0, 0.05) is 29.1 Å². The highest BCUT2D eigenvalue weighted by Gasteiger charge is 2.14. The van der Waals surface area contributed by atoms with Gasteiger partial charge in [-0.25, -0.2) is 0 Å². The number of nitrogens with zero attached hydrogens (tertiary/aromatic N) is 1. The second-order valence-corrected chi connectivity index (χ2v) is 6.53. The van der Waals surface area contributed by atoms with Gasteiger partial charge in [0.2, 0.25) is 5.88 Å². The van der Waals surface area contributed by atoms with Crippen LogP contribution in [0.25, 0.3) is 0 Å². The number of nitrogens with one attached hydrogen (secondary N) is 1. The van der Waals surface area contributed by atoms with Crippen LogP contribution in [0.5, 0.6) is 5.88 Å². The zero-order valence-electron chi connectivity index (χ0n) is 10.5. The van der Waals surface area contributed by atoms with Gasteiger partial charge in [-0.2, -0.15) is 28.5 Å². The predicted octanol–water partition coefficient (Wildman–Crippen LogP) is 2.32. The number of thioether (sulfide) groups is 2. The average molecular weight is 285 g/mol. The number of rotatable bonds is 5. The monoisotopic (exact) mass is 285 g/mol. The largest absolute Gasteiger partial charge is 0.476 e. The molecule has 100 valence electrons. The molecule has 0 radical (unpaired) electrons. The van der Waals surface area contributed by atoms with Gasteiger partial charge in [-0.3, -0.25) is 0 Å². The number of ether oxygens (including phenoxy) is 1. The summed E-state index contributed by atoms with van der Waals surface area (Å²) < 4.78 is 5.38. The van der Waals surface area contributed by atoms with Crippen LogP contribution in [0.2, 0.25) is 0 Å². The summed E-state index contributed by atoms with van der Waals surface area (Å²) in [4.78, 5) is 4.37. The van der Waals surface area contributed by atoms with Crippen LogP contribution in [0.3, 0.4) is 0 Å². The van der Waals surface area contributed by atoms with E-state index in [-0.39, 0.29) is 0 Å². The minimum atomic E-state index is 0.521. The molecule has 3 N–H and O–H groups in total. The van der Waals surface area contributed by atoms with Crippen LogP contribution in [0, 0.1) is 0 Å². The molecule has 1 saturated heterocycles. The van der Waals surface area contributed by atoms with Gasteiger partial charge >= 0.3 is 0 Å². The van der Waals surface area contributed by atoms with Crippen molar-refractivity contribution in [3.8, 4) is 5.88 Å². The number of pyridine rings is 1. The fourth-order valence-electron chi connectivity index (χ4n) is 1.67. The summed E-state index contributed by atoms with van der Waals surface area (Å²) in [6.07, 6.45) is 0. The third-order valence-electron chi connectivity index (χ3n) is 2.57. The van der Waals surface area contributed by atoms with E-state index in [9.17, 15) is 0 Å². The Balaban J connectivity index is 1.90. The van der Waals surface area contributed by atoms with Crippen molar-refractivity contribution in [2.75, 3.05) is 41.5 Å². The normalized spacial score (nSPS) is 19.5. The zero-order valence-corrected chi connectivity index (χ0v) is 12.1. The molecule has 1 unspecified atom stereocenters. The van der Waals surface area contributed by atoms with Gasteiger partial charge in [0.25, 0.3) is 0 Å². The Kier molecular flexibility index (Phi) is 5.31. The van der Waals surface area contributed by atoms with Gasteiger partial charge in [0.1, 0.15) is 5.82 Å². The Morgan fingerprint density at radius 2 is 2.39 bits per heavy atom. The molecule has 1 aliphatic rings. The minimum absolute atomic E-state index is 0.521. The third-order valence-corrected chi connectivity index (χ3v) is 5.41. The molecule has 0 saturated carbocycles. The first-order valence-electron chi connectivity index (χ1n) is 6.12. The molecule has 0 bridgehead atoms. The summed E-state index contributed by atoms with van der Waals surface area (Å²) >= 11 is 4.06. The van der Waals surface area contributed by atoms with E-state index in [0.29, 0.717) is 23.4 Å². The van der Waals surface area contributed by atoms with Crippen LogP contribution in [0.4, 0.5) is 11.5 Å². The summed E-state index contributed by atoms with van der Waals surface area (Å²) in [5.41, 5.74) is 6.38. The number of anilines is 2. The summed E-state index contributed by atoms with van der Waals surface area (Å²) in [5.74, 6) is 5.09.